The van der Waals surface area contributed by atoms with E-state index in [9.17, 15) is 14.4 Å². The third-order valence-corrected chi connectivity index (χ3v) is 3.70. The van der Waals surface area contributed by atoms with Gasteiger partial charge >= 0.3 is 5.97 Å². The van der Waals surface area contributed by atoms with Gasteiger partial charge in [0, 0.05) is 31.5 Å². The molecule has 0 fully saturated rings. The van der Waals surface area contributed by atoms with E-state index >= 15 is 0 Å². The van der Waals surface area contributed by atoms with Gasteiger partial charge in [-0.3, -0.25) is 14.4 Å². The van der Waals surface area contributed by atoms with E-state index in [1.54, 1.807) is 12.1 Å². The predicted molar refractivity (Wildman–Crippen MR) is 96.3 cm³/mol. The van der Waals surface area contributed by atoms with Gasteiger partial charge in [-0.25, -0.2) is 0 Å². The number of carbonyl (C=O) groups is 3. The topological polar surface area (TPSA) is 84.5 Å². The van der Waals surface area contributed by atoms with E-state index in [4.69, 9.17) is 16.3 Å². The molecule has 0 heterocycles. The van der Waals surface area contributed by atoms with Gasteiger partial charge in [-0.1, -0.05) is 30.2 Å². The van der Waals surface area contributed by atoms with Crippen LogP contribution in [0.15, 0.2) is 24.3 Å². The van der Waals surface area contributed by atoms with Crippen molar-refractivity contribution in [3.8, 4) is 0 Å². The highest BCUT2D eigenvalue weighted by Crippen LogP contribution is 2.09. The van der Waals surface area contributed by atoms with E-state index in [-0.39, 0.29) is 30.8 Å². The fourth-order valence-electron chi connectivity index (χ4n) is 2.10. The summed E-state index contributed by atoms with van der Waals surface area (Å²) in [4.78, 5) is 33.8. The predicted octanol–water partition coefficient (Wildman–Crippen LogP) is 2.24. The van der Waals surface area contributed by atoms with Gasteiger partial charge in [-0.2, -0.15) is 0 Å². The number of hydrogen-bond donors (Lipinski definition) is 2. The fourth-order valence-corrected chi connectivity index (χ4v) is 2.23. The molecule has 6 nitrogen and oxygen atoms in total. The highest BCUT2D eigenvalue weighted by Gasteiger charge is 2.07. The number of benzene rings is 1. The molecule has 1 rings (SSSR count). The smallest absolute Gasteiger partial charge is 0.306 e. The van der Waals surface area contributed by atoms with Crippen molar-refractivity contribution in [3.05, 3.63) is 34.9 Å². The highest BCUT2D eigenvalue weighted by molar-refractivity contribution is 6.30. The maximum absolute atomic E-state index is 11.6. The quantitative estimate of drug-likeness (QED) is 0.463. The number of hydrogen-bond acceptors (Lipinski definition) is 4. The lowest BCUT2D eigenvalue weighted by Crippen LogP contribution is -2.30. The van der Waals surface area contributed by atoms with Crippen LogP contribution in [0.4, 0.5) is 0 Å². The van der Waals surface area contributed by atoms with Crippen molar-refractivity contribution < 1.29 is 19.1 Å². The lowest BCUT2D eigenvalue weighted by Gasteiger charge is -2.07. The zero-order chi connectivity index (χ0) is 18.5. The summed E-state index contributed by atoms with van der Waals surface area (Å²) in [7, 11) is 0. The van der Waals surface area contributed by atoms with E-state index in [1.165, 1.54) is 6.92 Å². The van der Waals surface area contributed by atoms with Crippen molar-refractivity contribution in [1.82, 2.24) is 10.6 Å². The normalized spacial score (nSPS) is 10.2. The van der Waals surface area contributed by atoms with Crippen molar-refractivity contribution in [3.63, 3.8) is 0 Å². The first kappa shape index (κ1) is 21.0. The first-order chi connectivity index (χ1) is 12.0. The molecule has 0 radical (unpaired) electrons. The monoisotopic (exact) mass is 368 g/mol. The lowest BCUT2D eigenvalue weighted by atomic mass is 10.1. The summed E-state index contributed by atoms with van der Waals surface area (Å²) < 4.78 is 4.93. The Hall–Kier alpha value is -2.08. The van der Waals surface area contributed by atoms with Crippen LogP contribution in [0.1, 0.15) is 38.2 Å². The lowest BCUT2D eigenvalue weighted by molar-refractivity contribution is -0.148. The molecule has 1 aromatic carbocycles. The minimum atomic E-state index is -0.382. The molecule has 2 amide bonds. The van der Waals surface area contributed by atoms with Crippen molar-refractivity contribution in [2.75, 3.05) is 19.7 Å². The number of ether oxygens (including phenoxy) is 1. The Labute approximate surface area is 153 Å². The number of halogens is 1. The van der Waals surface area contributed by atoms with Gasteiger partial charge in [-0.05, 0) is 37.0 Å². The van der Waals surface area contributed by atoms with Crippen molar-refractivity contribution in [1.29, 1.82) is 0 Å². The van der Waals surface area contributed by atoms with E-state index in [0.29, 0.717) is 31.0 Å². The second kappa shape index (κ2) is 12.3. The minimum Gasteiger partial charge on any atom is -0.456 e. The molecule has 0 saturated heterocycles. The first-order valence-electron chi connectivity index (χ1n) is 8.38. The Morgan fingerprint density at radius 1 is 1.00 bits per heavy atom. The number of nitrogens with one attached hydrogen (secondary N) is 2. The molecule has 2 N–H and O–H groups in total. The summed E-state index contributed by atoms with van der Waals surface area (Å²) in [5.74, 6) is -0.748. The SMILES string of the molecule is CC(=O)NCCCCCC(=O)OCC(=O)NCCc1ccc(Cl)cc1. The number of carbonyl (C=O) groups excluding carboxylic acids is 3. The zero-order valence-corrected chi connectivity index (χ0v) is 15.2. The molecular weight excluding hydrogens is 344 g/mol. The molecule has 0 spiro atoms. The third-order valence-electron chi connectivity index (χ3n) is 3.44. The molecule has 1 aromatic rings. The van der Waals surface area contributed by atoms with Crippen LogP contribution in [0.5, 0.6) is 0 Å². The molecule has 138 valence electrons. The maximum Gasteiger partial charge on any atom is 0.306 e. The minimum absolute atomic E-state index is 0.0542. The molecule has 0 aliphatic carbocycles. The largest absolute Gasteiger partial charge is 0.456 e. The Bertz CT molecular complexity index is 561. The van der Waals surface area contributed by atoms with Crippen LogP contribution in [-0.2, 0) is 25.5 Å². The highest BCUT2D eigenvalue weighted by atomic mass is 35.5. The molecule has 25 heavy (non-hydrogen) atoms. The second-order valence-electron chi connectivity index (χ2n) is 5.68. The van der Waals surface area contributed by atoms with Crippen molar-refractivity contribution in [2.24, 2.45) is 0 Å². The number of esters is 1. The number of rotatable bonds is 11. The summed E-state index contributed by atoms with van der Waals surface area (Å²) in [6.07, 6.45) is 3.28. The van der Waals surface area contributed by atoms with Crippen LogP contribution < -0.4 is 10.6 Å². The summed E-state index contributed by atoms with van der Waals surface area (Å²) >= 11 is 5.81. The summed E-state index contributed by atoms with van der Waals surface area (Å²) in [5.41, 5.74) is 1.07. The third kappa shape index (κ3) is 11.2. The molecule has 0 aliphatic heterocycles. The second-order valence-corrected chi connectivity index (χ2v) is 6.12. The number of unbranched alkanes of at least 4 members (excludes halogenated alkanes) is 2. The van der Waals surface area contributed by atoms with Gasteiger partial charge in [0.1, 0.15) is 0 Å². The average Bonchev–Trinajstić information content (AvgIpc) is 2.57. The molecule has 0 saturated carbocycles. The first-order valence-corrected chi connectivity index (χ1v) is 8.76. The van der Waals surface area contributed by atoms with Crippen molar-refractivity contribution >= 4 is 29.4 Å². The summed E-state index contributed by atoms with van der Waals surface area (Å²) in [6, 6.07) is 7.41. The summed E-state index contributed by atoms with van der Waals surface area (Å²) in [6.45, 7) is 2.30. The van der Waals surface area contributed by atoms with E-state index in [0.717, 1.165) is 18.4 Å². The van der Waals surface area contributed by atoms with Gasteiger partial charge in [0.15, 0.2) is 6.61 Å². The molecule has 0 unspecified atom stereocenters. The van der Waals surface area contributed by atoms with E-state index < -0.39 is 0 Å². The van der Waals surface area contributed by atoms with Crippen LogP contribution in [0.3, 0.4) is 0 Å². The van der Waals surface area contributed by atoms with Crippen LogP contribution >= 0.6 is 11.6 Å². The van der Waals surface area contributed by atoms with Crippen LogP contribution in [0, 0.1) is 0 Å². The van der Waals surface area contributed by atoms with E-state index in [2.05, 4.69) is 10.6 Å². The molecule has 0 bridgehead atoms. The molecule has 7 heteroatoms. The van der Waals surface area contributed by atoms with Gasteiger partial charge in [0.2, 0.25) is 5.91 Å². The Kier molecular flexibility index (Phi) is 10.3. The zero-order valence-electron chi connectivity index (χ0n) is 14.5. The molecule has 0 atom stereocenters. The van der Waals surface area contributed by atoms with Gasteiger partial charge in [-0.15, -0.1) is 0 Å². The average molecular weight is 369 g/mol. The van der Waals surface area contributed by atoms with Crippen molar-refractivity contribution in [2.45, 2.75) is 39.0 Å². The molecule has 0 aromatic heterocycles. The molecular formula is C18H25ClN2O4. The Morgan fingerprint density at radius 2 is 1.72 bits per heavy atom. The van der Waals surface area contributed by atoms with E-state index in [1.807, 2.05) is 12.1 Å². The number of amides is 2. The van der Waals surface area contributed by atoms with Crippen LogP contribution in [-0.4, -0.2) is 37.5 Å². The molecule has 0 aliphatic rings. The van der Waals surface area contributed by atoms with Gasteiger partial charge < -0.3 is 15.4 Å². The van der Waals surface area contributed by atoms with Crippen LogP contribution in [0.25, 0.3) is 0 Å². The Morgan fingerprint density at radius 3 is 2.40 bits per heavy atom. The Balaban J connectivity index is 2.02. The standard InChI is InChI=1S/C18H25ClN2O4/c1-14(22)20-11-4-2-3-5-18(24)25-13-17(23)21-12-10-15-6-8-16(19)9-7-15/h6-9H,2-5,10-13H2,1H3,(H,20,22)(H,21,23). The fraction of sp³-hybridized carbons (Fsp3) is 0.500. The van der Waals surface area contributed by atoms with Gasteiger partial charge in [0.05, 0.1) is 0 Å². The van der Waals surface area contributed by atoms with Gasteiger partial charge in [0.25, 0.3) is 5.91 Å². The summed E-state index contributed by atoms with van der Waals surface area (Å²) in [5, 5.41) is 6.08. The van der Waals surface area contributed by atoms with Crippen LogP contribution in [0.2, 0.25) is 5.02 Å². The maximum atomic E-state index is 11.6.